The summed E-state index contributed by atoms with van der Waals surface area (Å²) >= 11 is 12.1. The molecule has 0 spiro atoms. The second-order valence-corrected chi connectivity index (χ2v) is 7.80. The van der Waals surface area contributed by atoms with E-state index in [1.807, 2.05) is 18.3 Å². The predicted molar refractivity (Wildman–Crippen MR) is 114 cm³/mol. The van der Waals surface area contributed by atoms with Gasteiger partial charge in [0.05, 0.1) is 10.0 Å². The number of pyridine rings is 1. The van der Waals surface area contributed by atoms with Crippen LogP contribution >= 0.6 is 23.2 Å². The Morgan fingerprint density at radius 1 is 1.04 bits per heavy atom. The first kappa shape index (κ1) is 21.0. The molecule has 142 valence electrons. The van der Waals surface area contributed by atoms with Gasteiger partial charge in [-0.05, 0) is 53.8 Å². The average molecular weight is 394 g/mol. The summed E-state index contributed by atoms with van der Waals surface area (Å²) in [6.45, 7) is 10.8. The molecule has 0 bridgehead atoms. The van der Waals surface area contributed by atoms with Crippen molar-refractivity contribution in [1.82, 2.24) is 10.3 Å². The fourth-order valence-electron chi connectivity index (χ4n) is 2.96. The molecule has 0 aliphatic rings. The van der Waals surface area contributed by atoms with Gasteiger partial charge >= 0.3 is 0 Å². The first-order valence-corrected chi connectivity index (χ1v) is 10.1. The summed E-state index contributed by atoms with van der Waals surface area (Å²) in [6.07, 6.45) is 4.39. The molecule has 0 radical (unpaired) electrons. The number of hydrogen-bond donors (Lipinski definition) is 2. The largest absolute Gasteiger partial charge is 0.340 e. The molecule has 0 aliphatic heterocycles. The number of aromatic nitrogens is 1. The molecular weight excluding hydrogens is 365 g/mol. The minimum absolute atomic E-state index is 0.428. The van der Waals surface area contributed by atoms with Crippen LogP contribution in [0.15, 0.2) is 30.5 Å². The zero-order valence-electron chi connectivity index (χ0n) is 16.1. The Morgan fingerprint density at radius 3 is 2.38 bits per heavy atom. The lowest BCUT2D eigenvalue weighted by atomic mass is 9.98. The minimum atomic E-state index is 0.428. The van der Waals surface area contributed by atoms with Crippen molar-refractivity contribution < 1.29 is 0 Å². The highest BCUT2D eigenvalue weighted by Crippen LogP contribution is 2.28. The monoisotopic (exact) mass is 393 g/mol. The van der Waals surface area contributed by atoms with E-state index in [1.165, 1.54) is 24.0 Å². The number of nitrogens with one attached hydrogen (secondary N) is 2. The zero-order chi connectivity index (χ0) is 19.1. The quantitative estimate of drug-likeness (QED) is 0.492. The lowest BCUT2D eigenvalue weighted by Gasteiger charge is -2.17. The third-order valence-corrected chi connectivity index (χ3v) is 5.48. The molecule has 0 saturated heterocycles. The normalized spacial score (nSPS) is 11.4. The Bertz CT molecular complexity index is 712. The highest BCUT2D eigenvalue weighted by Gasteiger charge is 2.11. The lowest BCUT2D eigenvalue weighted by molar-refractivity contribution is 0.448. The number of hydrogen-bond acceptors (Lipinski definition) is 3. The molecule has 0 fully saturated rings. The SMILES string of the molecule is CCC(CC)CNCc1cnc(Nc2ccc(Cl)c(Cl)c2)cc1C(C)C. The number of halogens is 2. The third-order valence-electron chi connectivity index (χ3n) is 4.74. The molecule has 1 aromatic heterocycles. The van der Waals surface area contributed by atoms with Gasteiger partial charge in [0, 0.05) is 18.4 Å². The summed E-state index contributed by atoms with van der Waals surface area (Å²) < 4.78 is 0. The van der Waals surface area contributed by atoms with Crippen LogP contribution in [0.1, 0.15) is 57.6 Å². The van der Waals surface area contributed by atoms with Gasteiger partial charge in [-0.3, -0.25) is 0 Å². The molecule has 0 atom stereocenters. The molecule has 5 heteroatoms. The maximum Gasteiger partial charge on any atom is 0.130 e. The van der Waals surface area contributed by atoms with Crippen LogP contribution in [0.5, 0.6) is 0 Å². The molecule has 2 N–H and O–H groups in total. The van der Waals surface area contributed by atoms with Crippen molar-refractivity contribution in [2.24, 2.45) is 5.92 Å². The zero-order valence-corrected chi connectivity index (χ0v) is 17.6. The van der Waals surface area contributed by atoms with E-state index in [-0.39, 0.29) is 0 Å². The van der Waals surface area contributed by atoms with Gasteiger partial charge < -0.3 is 10.6 Å². The summed E-state index contributed by atoms with van der Waals surface area (Å²) in [5.74, 6) is 1.98. The molecule has 0 aliphatic carbocycles. The molecular formula is C21H29Cl2N3. The molecule has 1 aromatic carbocycles. The molecule has 0 unspecified atom stereocenters. The van der Waals surface area contributed by atoms with Crippen molar-refractivity contribution in [3.63, 3.8) is 0 Å². The Morgan fingerprint density at radius 2 is 1.77 bits per heavy atom. The van der Waals surface area contributed by atoms with Crippen molar-refractivity contribution in [2.45, 2.75) is 53.0 Å². The van der Waals surface area contributed by atoms with Crippen molar-refractivity contribution in [3.8, 4) is 0 Å². The van der Waals surface area contributed by atoms with Crippen LogP contribution in [0.3, 0.4) is 0 Å². The molecule has 1 heterocycles. The summed E-state index contributed by atoms with van der Waals surface area (Å²) in [7, 11) is 0. The highest BCUT2D eigenvalue weighted by atomic mass is 35.5. The summed E-state index contributed by atoms with van der Waals surface area (Å²) in [6, 6.07) is 7.62. The van der Waals surface area contributed by atoms with E-state index < -0.39 is 0 Å². The van der Waals surface area contributed by atoms with Gasteiger partial charge in [0.25, 0.3) is 0 Å². The summed E-state index contributed by atoms with van der Waals surface area (Å²) in [5, 5.41) is 7.98. The van der Waals surface area contributed by atoms with Crippen LogP contribution in [-0.4, -0.2) is 11.5 Å². The van der Waals surface area contributed by atoms with Crippen molar-refractivity contribution in [2.75, 3.05) is 11.9 Å². The van der Waals surface area contributed by atoms with Gasteiger partial charge in [0.2, 0.25) is 0 Å². The molecule has 26 heavy (non-hydrogen) atoms. The number of rotatable bonds is 9. The fraction of sp³-hybridized carbons (Fsp3) is 0.476. The van der Waals surface area contributed by atoms with Gasteiger partial charge in [-0.15, -0.1) is 0 Å². The standard InChI is InChI=1S/C21H29Cl2N3/c1-5-15(6-2)11-24-12-16-13-25-21(10-18(16)14(3)4)26-17-7-8-19(22)20(23)9-17/h7-10,13-15,24H,5-6,11-12H2,1-4H3,(H,25,26). The fourth-order valence-corrected chi connectivity index (χ4v) is 3.26. The summed E-state index contributed by atoms with van der Waals surface area (Å²) in [5.41, 5.74) is 3.44. The number of nitrogens with zero attached hydrogens (tertiary/aromatic N) is 1. The van der Waals surface area contributed by atoms with Crippen molar-refractivity contribution in [1.29, 1.82) is 0 Å². The van der Waals surface area contributed by atoms with Crippen LogP contribution in [0, 0.1) is 5.92 Å². The second-order valence-electron chi connectivity index (χ2n) is 6.99. The van der Waals surface area contributed by atoms with Crippen LogP contribution in [0.4, 0.5) is 11.5 Å². The molecule has 0 amide bonds. The van der Waals surface area contributed by atoms with E-state index in [4.69, 9.17) is 23.2 Å². The first-order valence-electron chi connectivity index (χ1n) is 9.36. The van der Waals surface area contributed by atoms with Gasteiger partial charge in [-0.25, -0.2) is 4.98 Å². The molecule has 2 rings (SSSR count). The lowest BCUT2D eigenvalue weighted by Crippen LogP contribution is -2.22. The predicted octanol–water partition coefficient (Wildman–Crippen LogP) is 6.78. The topological polar surface area (TPSA) is 37.0 Å². The van der Waals surface area contributed by atoms with Crippen molar-refractivity contribution >= 4 is 34.7 Å². The van der Waals surface area contributed by atoms with E-state index in [0.29, 0.717) is 16.0 Å². The smallest absolute Gasteiger partial charge is 0.130 e. The van der Waals surface area contributed by atoms with Gasteiger partial charge in [-0.1, -0.05) is 63.7 Å². The van der Waals surface area contributed by atoms with Gasteiger partial charge in [0.15, 0.2) is 0 Å². The molecule has 0 saturated carbocycles. The average Bonchev–Trinajstić information content (AvgIpc) is 2.62. The first-order chi connectivity index (χ1) is 12.4. The minimum Gasteiger partial charge on any atom is -0.340 e. The van der Waals surface area contributed by atoms with E-state index >= 15 is 0 Å². The van der Waals surface area contributed by atoms with Crippen LogP contribution in [0.25, 0.3) is 0 Å². The van der Waals surface area contributed by atoms with E-state index in [0.717, 1.165) is 30.5 Å². The third kappa shape index (κ3) is 5.87. The maximum absolute atomic E-state index is 6.09. The van der Waals surface area contributed by atoms with Gasteiger partial charge in [0.1, 0.15) is 5.82 Å². The van der Waals surface area contributed by atoms with Crippen LogP contribution < -0.4 is 10.6 Å². The van der Waals surface area contributed by atoms with E-state index in [1.54, 1.807) is 6.07 Å². The number of benzene rings is 1. The van der Waals surface area contributed by atoms with Crippen molar-refractivity contribution in [3.05, 3.63) is 51.6 Å². The highest BCUT2D eigenvalue weighted by molar-refractivity contribution is 6.42. The number of anilines is 2. The second kappa shape index (κ2) is 10.1. The Labute approximate surface area is 167 Å². The Kier molecular flexibility index (Phi) is 8.20. The Balaban J connectivity index is 2.10. The summed E-state index contributed by atoms with van der Waals surface area (Å²) in [4.78, 5) is 4.58. The van der Waals surface area contributed by atoms with E-state index in [2.05, 4.69) is 49.4 Å². The molecule has 2 aromatic rings. The van der Waals surface area contributed by atoms with Crippen LogP contribution in [0.2, 0.25) is 10.0 Å². The van der Waals surface area contributed by atoms with E-state index in [9.17, 15) is 0 Å². The van der Waals surface area contributed by atoms with Gasteiger partial charge in [-0.2, -0.15) is 0 Å². The molecule has 3 nitrogen and oxygen atoms in total. The Hall–Kier alpha value is -1.29. The maximum atomic E-state index is 6.09. The van der Waals surface area contributed by atoms with Crippen LogP contribution in [-0.2, 0) is 6.54 Å².